The summed E-state index contributed by atoms with van der Waals surface area (Å²) >= 11 is 0. The van der Waals surface area contributed by atoms with E-state index in [1.165, 1.54) is 347 Å². The summed E-state index contributed by atoms with van der Waals surface area (Å²) in [5.41, 5.74) is 0. The second kappa shape index (κ2) is 69.6. The van der Waals surface area contributed by atoms with Gasteiger partial charge in [-0.2, -0.15) is 0 Å². The van der Waals surface area contributed by atoms with E-state index in [1.807, 2.05) is 0 Å². The van der Waals surface area contributed by atoms with Crippen molar-refractivity contribution in [3.8, 4) is 0 Å². The molecule has 5 N–H and O–H groups in total. The molecule has 0 aliphatic carbocycles. The summed E-state index contributed by atoms with van der Waals surface area (Å²) in [6.07, 6.45) is 89.1. The lowest BCUT2D eigenvalue weighted by atomic mass is 10.00. The summed E-state index contributed by atoms with van der Waals surface area (Å²) < 4.78 is 0. The number of hydrogen-bond donors (Lipinski definition) is 5. The number of allylic oxidation sites excluding steroid dienone is 4. The molecule has 0 heterocycles. The van der Waals surface area contributed by atoms with E-state index >= 15 is 0 Å². The summed E-state index contributed by atoms with van der Waals surface area (Å²) in [6, 6.07) is -1.01. The lowest BCUT2D eigenvalue weighted by Crippen LogP contribution is -2.53. The fourth-order valence-corrected chi connectivity index (χ4v) is 12.1. The molecule has 0 aromatic heterocycles. The first-order valence-electron chi connectivity index (χ1n) is 37.2. The van der Waals surface area contributed by atoms with Crippen LogP contribution in [-0.2, 0) is 4.79 Å². The zero-order valence-electron chi connectivity index (χ0n) is 55.1. The summed E-state index contributed by atoms with van der Waals surface area (Å²) in [5, 5.41) is 44.2. The molecule has 0 aromatic rings. The van der Waals surface area contributed by atoms with Gasteiger partial charge in [0.2, 0.25) is 5.91 Å². The summed E-state index contributed by atoms with van der Waals surface area (Å²) in [6.45, 7) is 4.10. The van der Waals surface area contributed by atoms with E-state index in [0.29, 0.717) is 19.3 Å². The molecule has 0 rings (SSSR count). The Morgan fingerprint density at radius 1 is 0.296 bits per heavy atom. The highest BCUT2D eigenvalue weighted by Crippen LogP contribution is 2.20. The lowest BCUT2D eigenvalue weighted by Gasteiger charge is -2.27. The third-order valence-electron chi connectivity index (χ3n) is 17.9. The van der Waals surface area contributed by atoms with Crippen LogP contribution in [0.5, 0.6) is 0 Å². The molecule has 0 bridgehead atoms. The van der Waals surface area contributed by atoms with Gasteiger partial charge >= 0.3 is 0 Å². The number of hydrogen-bond acceptors (Lipinski definition) is 5. The Balaban J connectivity index is 3.54. The van der Waals surface area contributed by atoms with Gasteiger partial charge in [0, 0.05) is 0 Å². The number of rotatable bonds is 70. The Bertz CT molecular complexity index is 1240. The highest BCUT2D eigenvalue weighted by Gasteiger charge is 2.28. The number of aliphatic hydroxyl groups is 4. The number of unbranched alkanes of at least 4 members (excludes halogenated alkanes) is 57. The van der Waals surface area contributed by atoms with E-state index in [4.69, 9.17) is 0 Å². The molecule has 0 saturated heterocycles. The van der Waals surface area contributed by atoms with Crippen molar-refractivity contribution >= 4 is 5.91 Å². The van der Waals surface area contributed by atoms with Crippen molar-refractivity contribution in [2.45, 2.75) is 443 Å². The minimum absolute atomic E-state index is 0.365. The first-order chi connectivity index (χ1) is 40.0. The van der Waals surface area contributed by atoms with Crippen LogP contribution in [0.25, 0.3) is 0 Å². The normalized spacial score (nSPS) is 13.5. The van der Waals surface area contributed by atoms with Gasteiger partial charge in [-0.3, -0.25) is 4.79 Å². The van der Waals surface area contributed by atoms with Gasteiger partial charge < -0.3 is 25.7 Å². The maximum atomic E-state index is 12.7. The average Bonchev–Trinajstić information content (AvgIpc) is 3.47. The number of aliphatic hydroxyl groups excluding tert-OH is 4. The van der Waals surface area contributed by atoms with E-state index in [1.54, 1.807) is 0 Å². The standard InChI is InChI=1S/C75H147NO5/c1-3-5-7-9-11-13-15-17-19-21-23-25-27-29-31-33-35-36-37-39-41-43-45-47-49-51-53-55-57-59-61-63-65-67-69-73(79)75(81)76-71(70-77)74(80)72(78)68-66-64-62-60-58-56-54-52-50-48-46-44-42-40-38-34-32-30-28-26-24-22-20-18-16-14-12-10-8-6-4-2/h52,54,60,62,71-74,77-80H,3-51,53,55-59,61,63-70H2,1-2H3,(H,76,81)/b54-52+,62-60+. The van der Waals surface area contributed by atoms with Crippen LogP contribution in [0.15, 0.2) is 24.3 Å². The van der Waals surface area contributed by atoms with Crippen LogP contribution in [0.2, 0.25) is 0 Å². The van der Waals surface area contributed by atoms with E-state index in [9.17, 15) is 25.2 Å². The highest BCUT2D eigenvalue weighted by molar-refractivity contribution is 5.80. The Morgan fingerprint density at radius 2 is 0.519 bits per heavy atom. The predicted octanol–water partition coefficient (Wildman–Crippen LogP) is 23.3. The molecule has 0 aliphatic rings. The van der Waals surface area contributed by atoms with Gasteiger partial charge in [0.15, 0.2) is 0 Å². The first kappa shape index (κ1) is 79.8. The highest BCUT2D eigenvalue weighted by atomic mass is 16.3. The number of carbonyl (C=O) groups is 1. The summed E-state index contributed by atoms with van der Waals surface area (Å²) in [5.74, 6) is -0.589. The zero-order valence-corrected chi connectivity index (χ0v) is 55.1. The van der Waals surface area contributed by atoms with Gasteiger partial charge in [-0.05, 0) is 51.4 Å². The summed E-state index contributed by atoms with van der Waals surface area (Å²) in [4.78, 5) is 12.7. The Morgan fingerprint density at radius 3 is 0.778 bits per heavy atom. The predicted molar refractivity (Wildman–Crippen MR) is 358 cm³/mol. The molecular formula is C75H147NO5. The van der Waals surface area contributed by atoms with E-state index in [-0.39, 0.29) is 0 Å². The molecule has 6 nitrogen and oxygen atoms in total. The third-order valence-corrected chi connectivity index (χ3v) is 17.9. The molecule has 0 saturated carbocycles. The minimum Gasteiger partial charge on any atom is -0.394 e. The molecular weight excluding hydrogens is 995 g/mol. The fourth-order valence-electron chi connectivity index (χ4n) is 12.1. The molecule has 0 spiro atoms. The maximum Gasteiger partial charge on any atom is 0.249 e. The molecule has 4 unspecified atom stereocenters. The maximum absolute atomic E-state index is 12.7. The lowest BCUT2D eigenvalue weighted by molar-refractivity contribution is -0.132. The fraction of sp³-hybridized carbons (Fsp3) is 0.933. The number of amides is 1. The van der Waals surface area contributed by atoms with Gasteiger partial charge in [-0.15, -0.1) is 0 Å². The van der Waals surface area contributed by atoms with Gasteiger partial charge in [0.25, 0.3) is 0 Å². The molecule has 0 fully saturated rings. The topological polar surface area (TPSA) is 110 Å². The zero-order chi connectivity index (χ0) is 58.7. The second-order valence-electron chi connectivity index (χ2n) is 26.0. The van der Waals surface area contributed by atoms with E-state index < -0.39 is 36.9 Å². The van der Waals surface area contributed by atoms with Crippen molar-refractivity contribution in [2.24, 2.45) is 0 Å². The molecule has 482 valence electrons. The Hall–Kier alpha value is -1.21. The van der Waals surface area contributed by atoms with Crippen LogP contribution < -0.4 is 5.32 Å². The quantitative estimate of drug-likeness (QED) is 0.0308. The van der Waals surface area contributed by atoms with Crippen LogP contribution in [0.1, 0.15) is 418 Å². The van der Waals surface area contributed by atoms with E-state index in [0.717, 1.165) is 38.5 Å². The van der Waals surface area contributed by atoms with Gasteiger partial charge in [-0.25, -0.2) is 0 Å². The van der Waals surface area contributed by atoms with Crippen LogP contribution in [0, 0.1) is 0 Å². The van der Waals surface area contributed by atoms with Crippen molar-refractivity contribution in [2.75, 3.05) is 6.61 Å². The molecule has 81 heavy (non-hydrogen) atoms. The Kier molecular flexibility index (Phi) is 68.5. The van der Waals surface area contributed by atoms with Crippen molar-refractivity contribution in [3.05, 3.63) is 24.3 Å². The summed E-state index contributed by atoms with van der Waals surface area (Å²) in [7, 11) is 0. The van der Waals surface area contributed by atoms with Crippen molar-refractivity contribution in [3.63, 3.8) is 0 Å². The SMILES string of the molecule is CCCCCCCCCCCCCCCCCCCCCCCC/C=C/CC/C=C/CCCC(O)C(O)C(CO)NC(=O)C(O)CCCCCCCCCCCCCCCCCCCCCCCCCCCCCCCCCCCC. The average molecular weight is 1140 g/mol. The van der Waals surface area contributed by atoms with Crippen molar-refractivity contribution in [1.29, 1.82) is 0 Å². The van der Waals surface area contributed by atoms with Gasteiger partial charge in [0.1, 0.15) is 12.2 Å². The third kappa shape index (κ3) is 63.1. The van der Waals surface area contributed by atoms with Crippen LogP contribution in [0.3, 0.4) is 0 Å². The van der Waals surface area contributed by atoms with Crippen LogP contribution in [-0.4, -0.2) is 57.3 Å². The molecule has 4 atom stereocenters. The minimum atomic E-state index is -1.29. The van der Waals surface area contributed by atoms with Gasteiger partial charge in [0.05, 0.1) is 18.8 Å². The molecule has 0 radical (unpaired) electrons. The molecule has 6 heteroatoms. The van der Waals surface area contributed by atoms with Crippen molar-refractivity contribution in [1.82, 2.24) is 5.32 Å². The number of nitrogens with one attached hydrogen (secondary N) is 1. The van der Waals surface area contributed by atoms with Crippen LogP contribution >= 0.6 is 0 Å². The molecule has 0 aliphatic heterocycles. The smallest absolute Gasteiger partial charge is 0.249 e. The molecule has 0 aromatic carbocycles. The van der Waals surface area contributed by atoms with Gasteiger partial charge in [-0.1, -0.05) is 391 Å². The van der Waals surface area contributed by atoms with E-state index in [2.05, 4.69) is 43.5 Å². The van der Waals surface area contributed by atoms with Crippen LogP contribution in [0.4, 0.5) is 0 Å². The van der Waals surface area contributed by atoms with Crippen molar-refractivity contribution < 1.29 is 25.2 Å². The second-order valence-corrected chi connectivity index (χ2v) is 26.0. The molecule has 1 amide bonds. The number of carbonyl (C=O) groups excluding carboxylic acids is 1. The monoisotopic (exact) mass is 1140 g/mol. The Labute approximate surface area is 507 Å². The first-order valence-corrected chi connectivity index (χ1v) is 37.2. The largest absolute Gasteiger partial charge is 0.394 e.